The van der Waals surface area contributed by atoms with Gasteiger partial charge in [0.2, 0.25) is 5.91 Å². The predicted octanol–water partition coefficient (Wildman–Crippen LogP) is 1.09. The maximum absolute atomic E-state index is 10.6. The molecular weight excluding hydrogens is 214 g/mol. The number of hydrogen-bond donors (Lipinski definition) is 2. The highest BCUT2D eigenvalue weighted by atomic mass is 16.1. The molecule has 0 bridgehead atoms. The Balaban J connectivity index is 2.37. The topological polar surface area (TPSA) is 64.9 Å². The molecule has 0 aromatic heterocycles. The molecule has 0 radical (unpaired) electrons. The van der Waals surface area contributed by atoms with E-state index in [9.17, 15) is 4.79 Å². The maximum Gasteiger partial charge on any atom is 0.216 e. The molecule has 2 N–H and O–H groups in total. The van der Waals surface area contributed by atoms with Crippen molar-refractivity contribution in [1.29, 1.82) is 5.26 Å². The standard InChI is InChI=1S/C13H17N3O/c1-10-7-12(8-14)3-4-13(10)9-15-5-6-16-11(2)17/h3-4,7,15H,5-6,9H2,1-2H3,(H,16,17). The number of hydrogen-bond acceptors (Lipinski definition) is 3. The second-order valence-corrected chi connectivity index (χ2v) is 3.91. The van der Waals surface area contributed by atoms with Crippen molar-refractivity contribution >= 4 is 5.91 Å². The monoisotopic (exact) mass is 231 g/mol. The Morgan fingerprint density at radius 1 is 1.41 bits per heavy atom. The summed E-state index contributed by atoms with van der Waals surface area (Å²) in [6.45, 7) is 5.61. The highest BCUT2D eigenvalue weighted by molar-refractivity contribution is 5.72. The Hall–Kier alpha value is -1.86. The molecule has 4 nitrogen and oxygen atoms in total. The summed E-state index contributed by atoms with van der Waals surface area (Å²) in [6, 6.07) is 7.77. The first-order valence-corrected chi connectivity index (χ1v) is 5.58. The lowest BCUT2D eigenvalue weighted by Crippen LogP contribution is -2.30. The Morgan fingerprint density at radius 2 is 2.18 bits per heavy atom. The van der Waals surface area contributed by atoms with E-state index in [1.165, 1.54) is 12.5 Å². The van der Waals surface area contributed by atoms with Gasteiger partial charge in [-0.2, -0.15) is 5.26 Å². The van der Waals surface area contributed by atoms with Crippen LogP contribution in [0.5, 0.6) is 0 Å². The minimum Gasteiger partial charge on any atom is -0.355 e. The van der Waals surface area contributed by atoms with Crippen LogP contribution in [0.4, 0.5) is 0 Å². The molecule has 0 aliphatic rings. The minimum absolute atomic E-state index is 0.0126. The molecule has 0 aliphatic carbocycles. The molecule has 0 spiro atoms. The summed E-state index contributed by atoms with van der Waals surface area (Å²) in [5, 5.41) is 14.7. The van der Waals surface area contributed by atoms with Crippen LogP contribution in [0.3, 0.4) is 0 Å². The number of rotatable bonds is 5. The molecule has 1 aromatic rings. The summed E-state index contributed by atoms with van der Waals surface area (Å²) in [4.78, 5) is 10.6. The summed E-state index contributed by atoms with van der Waals surface area (Å²) in [6.07, 6.45) is 0. The van der Waals surface area contributed by atoms with E-state index in [1.807, 2.05) is 25.1 Å². The lowest BCUT2D eigenvalue weighted by atomic mass is 10.1. The predicted molar refractivity (Wildman–Crippen MR) is 66.3 cm³/mol. The second kappa shape index (κ2) is 6.66. The SMILES string of the molecule is CC(=O)NCCNCc1ccc(C#N)cc1C. The largest absolute Gasteiger partial charge is 0.355 e. The fourth-order valence-electron chi connectivity index (χ4n) is 1.51. The van der Waals surface area contributed by atoms with E-state index < -0.39 is 0 Å². The number of carbonyl (C=O) groups is 1. The van der Waals surface area contributed by atoms with Gasteiger partial charge in [0.1, 0.15) is 0 Å². The van der Waals surface area contributed by atoms with Crippen LogP contribution in [0.25, 0.3) is 0 Å². The first kappa shape index (κ1) is 13.2. The summed E-state index contributed by atoms with van der Waals surface area (Å²) in [5.74, 6) is -0.0126. The molecule has 90 valence electrons. The van der Waals surface area contributed by atoms with Crippen LogP contribution in [0.15, 0.2) is 18.2 Å². The Labute approximate surface area is 102 Å². The van der Waals surface area contributed by atoms with Crippen molar-refractivity contribution in [2.24, 2.45) is 0 Å². The zero-order valence-electron chi connectivity index (χ0n) is 10.2. The van der Waals surface area contributed by atoms with Crippen molar-refractivity contribution in [1.82, 2.24) is 10.6 Å². The quantitative estimate of drug-likeness (QED) is 0.746. The van der Waals surface area contributed by atoms with Gasteiger partial charge < -0.3 is 10.6 Å². The molecule has 0 atom stereocenters. The van der Waals surface area contributed by atoms with Crippen LogP contribution >= 0.6 is 0 Å². The first-order chi connectivity index (χ1) is 8.13. The number of nitriles is 1. The van der Waals surface area contributed by atoms with Gasteiger partial charge in [0, 0.05) is 26.6 Å². The summed E-state index contributed by atoms with van der Waals surface area (Å²) in [5.41, 5.74) is 2.97. The molecule has 1 rings (SSSR count). The Morgan fingerprint density at radius 3 is 2.76 bits per heavy atom. The third kappa shape index (κ3) is 4.66. The van der Waals surface area contributed by atoms with Gasteiger partial charge in [0.15, 0.2) is 0 Å². The van der Waals surface area contributed by atoms with Gasteiger partial charge in [-0.15, -0.1) is 0 Å². The van der Waals surface area contributed by atoms with Crippen LogP contribution in [0.2, 0.25) is 0 Å². The number of amides is 1. The molecule has 1 amide bonds. The van der Waals surface area contributed by atoms with Gasteiger partial charge in [-0.25, -0.2) is 0 Å². The molecule has 17 heavy (non-hydrogen) atoms. The molecule has 0 unspecified atom stereocenters. The van der Waals surface area contributed by atoms with Crippen LogP contribution in [-0.4, -0.2) is 19.0 Å². The molecule has 0 fully saturated rings. The molecule has 0 saturated carbocycles. The fraction of sp³-hybridized carbons (Fsp3) is 0.385. The average molecular weight is 231 g/mol. The van der Waals surface area contributed by atoms with Crippen molar-refractivity contribution in [2.75, 3.05) is 13.1 Å². The Kier molecular flexibility index (Phi) is 5.18. The van der Waals surface area contributed by atoms with E-state index in [0.717, 1.165) is 18.7 Å². The molecular formula is C13H17N3O. The van der Waals surface area contributed by atoms with Gasteiger partial charge in [-0.3, -0.25) is 4.79 Å². The fourth-order valence-corrected chi connectivity index (χ4v) is 1.51. The molecule has 0 heterocycles. The average Bonchev–Trinajstić information content (AvgIpc) is 2.30. The van der Waals surface area contributed by atoms with Crippen LogP contribution in [0, 0.1) is 18.3 Å². The van der Waals surface area contributed by atoms with E-state index in [2.05, 4.69) is 16.7 Å². The van der Waals surface area contributed by atoms with Crippen LogP contribution < -0.4 is 10.6 Å². The third-order valence-electron chi connectivity index (χ3n) is 2.46. The highest BCUT2D eigenvalue weighted by Crippen LogP contribution is 2.09. The zero-order chi connectivity index (χ0) is 12.7. The van der Waals surface area contributed by atoms with E-state index in [1.54, 1.807) is 0 Å². The van der Waals surface area contributed by atoms with Gasteiger partial charge >= 0.3 is 0 Å². The van der Waals surface area contributed by atoms with Crippen molar-refractivity contribution in [3.05, 3.63) is 34.9 Å². The Bertz CT molecular complexity index is 435. The second-order valence-electron chi connectivity index (χ2n) is 3.91. The summed E-state index contributed by atoms with van der Waals surface area (Å²) >= 11 is 0. The molecule has 4 heteroatoms. The van der Waals surface area contributed by atoms with E-state index in [0.29, 0.717) is 12.1 Å². The van der Waals surface area contributed by atoms with E-state index >= 15 is 0 Å². The van der Waals surface area contributed by atoms with E-state index in [-0.39, 0.29) is 5.91 Å². The van der Waals surface area contributed by atoms with Crippen LogP contribution in [-0.2, 0) is 11.3 Å². The lowest BCUT2D eigenvalue weighted by molar-refractivity contribution is -0.118. The van der Waals surface area contributed by atoms with Gasteiger partial charge in [-0.05, 0) is 30.2 Å². The maximum atomic E-state index is 10.6. The number of aryl methyl sites for hydroxylation is 1. The summed E-state index contributed by atoms with van der Waals surface area (Å²) < 4.78 is 0. The van der Waals surface area contributed by atoms with Crippen molar-refractivity contribution < 1.29 is 4.79 Å². The molecule has 0 aliphatic heterocycles. The number of nitrogens with zero attached hydrogens (tertiary/aromatic N) is 1. The normalized spacial score (nSPS) is 9.71. The van der Waals surface area contributed by atoms with Crippen molar-refractivity contribution in [2.45, 2.75) is 20.4 Å². The number of benzene rings is 1. The summed E-state index contributed by atoms with van der Waals surface area (Å²) in [7, 11) is 0. The minimum atomic E-state index is -0.0126. The van der Waals surface area contributed by atoms with Crippen molar-refractivity contribution in [3.63, 3.8) is 0 Å². The molecule has 1 aromatic carbocycles. The smallest absolute Gasteiger partial charge is 0.216 e. The van der Waals surface area contributed by atoms with E-state index in [4.69, 9.17) is 5.26 Å². The first-order valence-electron chi connectivity index (χ1n) is 5.58. The lowest BCUT2D eigenvalue weighted by Gasteiger charge is -2.08. The highest BCUT2D eigenvalue weighted by Gasteiger charge is 1.99. The van der Waals surface area contributed by atoms with Crippen molar-refractivity contribution in [3.8, 4) is 6.07 Å². The van der Waals surface area contributed by atoms with Gasteiger partial charge in [0.05, 0.1) is 11.6 Å². The molecule has 0 saturated heterocycles. The van der Waals surface area contributed by atoms with Crippen LogP contribution in [0.1, 0.15) is 23.6 Å². The van der Waals surface area contributed by atoms with Gasteiger partial charge in [-0.1, -0.05) is 6.07 Å². The zero-order valence-corrected chi connectivity index (χ0v) is 10.2. The number of nitrogens with one attached hydrogen (secondary N) is 2. The third-order valence-corrected chi connectivity index (χ3v) is 2.46. The number of carbonyl (C=O) groups excluding carboxylic acids is 1. The van der Waals surface area contributed by atoms with Gasteiger partial charge in [0.25, 0.3) is 0 Å².